The maximum atomic E-state index is 12.7. The predicted octanol–water partition coefficient (Wildman–Crippen LogP) is 1.55. The van der Waals surface area contributed by atoms with Crippen LogP contribution in [0, 0.1) is 18.0 Å². The zero-order valence-corrected chi connectivity index (χ0v) is 6.38. The number of H-pyrrole nitrogens is 1. The first-order chi connectivity index (χ1) is 6.25. The van der Waals surface area contributed by atoms with Gasteiger partial charge in [-0.25, -0.2) is 13.8 Å². The molecule has 13 heavy (non-hydrogen) atoms. The van der Waals surface area contributed by atoms with Crippen LogP contribution in [-0.4, -0.2) is 15.2 Å². The highest BCUT2D eigenvalue weighted by Crippen LogP contribution is 2.16. The molecular weight excluding hydrogens is 176 g/mol. The average Bonchev–Trinajstić information content (AvgIpc) is 2.53. The van der Waals surface area contributed by atoms with E-state index in [0.717, 1.165) is 18.2 Å². The van der Waals surface area contributed by atoms with Gasteiger partial charge >= 0.3 is 0 Å². The summed E-state index contributed by atoms with van der Waals surface area (Å²) in [6.07, 6.45) is 2.27. The summed E-state index contributed by atoms with van der Waals surface area (Å²) in [5.41, 5.74) is 0.311. The van der Waals surface area contributed by atoms with Gasteiger partial charge in [0.15, 0.2) is 5.82 Å². The summed E-state index contributed by atoms with van der Waals surface area (Å²) in [6, 6.07) is 3.12. The fraction of sp³-hybridized carbons (Fsp3) is 0. The van der Waals surface area contributed by atoms with Crippen LogP contribution in [0.2, 0.25) is 0 Å². The molecule has 0 unspecified atom stereocenters. The monoisotopic (exact) mass is 180 g/mol. The third-order valence-corrected chi connectivity index (χ3v) is 1.51. The van der Waals surface area contributed by atoms with E-state index in [2.05, 4.69) is 21.5 Å². The van der Waals surface area contributed by atoms with Gasteiger partial charge in [-0.05, 0) is 12.1 Å². The lowest BCUT2D eigenvalue weighted by Crippen LogP contribution is -1.85. The lowest BCUT2D eigenvalue weighted by atomic mass is 10.2. The number of aromatic amines is 1. The van der Waals surface area contributed by atoms with Crippen molar-refractivity contribution < 1.29 is 8.78 Å². The highest BCUT2D eigenvalue weighted by Gasteiger charge is 2.04. The molecule has 0 saturated heterocycles. The molecule has 0 aliphatic rings. The molecular formula is C8H4F2N3. The number of hydrogen-bond acceptors (Lipinski definition) is 2. The van der Waals surface area contributed by atoms with Crippen molar-refractivity contribution in [2.45, 2.75) is 0 Å². The molecule has 1 heterocycles. The summed E-state index contributed by atoms with van der Waals surface area (Å²) in [5, 5.41) is 5.91. The van der Waals surface area contributed by atoms with E-state index < -0.39 is 11.6 Å². The SMILES string of the molecule is Fc1cc(F)cc(-c2n[c]n[nH]2)c1. The Balaban J connectivity index is 2.53. The number of hydrogen-bond donors (Lipinski definition) is 1. The minimum Gasteiger partial charge on any atom is -0.259 e. The van der Waals surface area contributed by atoms with Crippen LogP contribution in [0.5, 0.6) is 0 Å². The lowest BCUT2D eigenvalue weighted by molar-refractivity contribution is 0.584. The molecule has 0 spiro atoms. The number of aromatic nitrogens is 3. The Morgan fingerprint density at radius 1 is 1.15 bits per heavy atom. The predicted molar refractivity (Wildman–Crippen MR) is 40.6 cm³/mol. The van der Waals surface area contributed by atoms with E-state index in [0.29, 0.717) is 11.4 Å². The molecule has 0 saturated carbocycles. The van der Waals surface area contributed by atoms with E-state index in [-0.39, 0.29) is 0 Å². The van der Waals surface area contributed by atoms with Gasteiger partial charge in [0.25, 0.3) is 0 Å². The Bertz CT molecular complexity index is 391. The van der Waals surface area contributed by atoms with Gasteiger partial charge in [0.2, 0.25) is 6.33 Å². The maximum absolute atomic E-state index is 12.7. The Morgan fingerprint density at radius 2 is 1.85 bits per heavy atom. The minimum atomic E-state index is -0.647. The van der Waals surface area contributed by atoms with Crippen molar-refractivity contribution in [1.82, 2.24) is 15.2 Å². The first-order valence-corrected chi connectivity index (χ1v) is 3.50. The topological polar surface area (TPSA) is 41.6 Å². The Morgan fingerprint density at radius 3 is 2.38 bits per heavy atom. The van der Waals surface area contributed by atoms with Gasteiger partial charge in [-0.1, -0.05) is 0 Å². The molecule has 0 atom stereocenters. The molecule has 5 heteroatoms. The van der Waals surface area contributed by atoms with E-state index in [9.17, 15) is 8.78 Å². The highest BCUT2D eigenvalue weighted by atomic mass is 19.1. The van der Waals surface area contributed by atoms with Crippen LogP contribution in [-0.2, 0) is 0 Å². The number of rotatable bonds is 1. The molecule has 1 N–H and O–H groups in total. The first-order valence-electron chi connectivity index (χ1n) is 3.50. The van der Waals surface area contributed by atoms with E-state index in [1.807, 2.05) is 0 Å². The summed E-state index contributed by atoms with van der Waals surface area (Å²) in [4.78, 5) is 3.64. The van der Waals surface area contributed by atoms with Crippen LogP contribution in [0.15, 0.2) is 18.2 Å². The second-order valence-corrected chi connectivity index (χ2v) is 2.44. The van der Waals surface area contributed by atoms with Crippen LogP contribution < -0.4 is 0 Å². The van der Waals surface area contributed by atoms with E-state index in [4.69, 9.17) is 0 Å². The second-order valence-electron chi connectivity index (χ2n) is 2.44. The van der Waals surface area contributed by atoms with Gasteiger partial charge in [0.1, 0.15) is 11.6 Å². The van der Waals surface area contributed by atoms with E-state index >= 15 is 0 Å². The minimum absolute atomic E-state index is 0.290. The number of nitrogens with zero attached hydrogens (tertiary/aromatic N) is 2. The van der Waals surface area contributed by atoms with Crippen LogP contribution in [0.25, 0.3) is 11.4 Å². The molecule has 65 valence electrons. The quantitative estimate of drug-likeness (QED) is 0.723. The van der Waals surface area contributed by atoms with Crippen molar-refractivity contribution in [1.29, 1.82) is 0 Å². The zero-order chi connectivity index (χ0) is 9.26. The van der Waals surface area contributed by atoms with E-state index in [1.165, 1.54) is 0 Å². The van der Waals surface area contributed by atoms with Gasteiger partial charge in [-0.2, -0.15) is 0 Å². The number of nitrogens with one attached hydrogen (secondary N) is 1. The van der Waals surface area contributed by atoms with Crippen molar-refractivity contribution in [2.24, 2.45) is 0 Å². The van der Waals surface area contributed by atoms with Gasteiger partial charge in [0.05, 0.1) is 0 Å². The molecule has 0 aliphatic carbocycles. The Labute approximate surface area is 72.4 Å². The van der Waals surface area contributed by atoms with Crippen molar-refractivity contribution in [2.75, 3.05) is 0 Å². The average molecular weight is 180 g/mol. The zero-order valence-electron chi connectivity index (χ0n) is 6.38. The molecule has 0 bridgehead atoms. The normalized spacial score (nSPS) is 10.3. The Kier molecular flexibility index (Phi) is 1.77. The molecule has 2 aromatic rings. The third-order valence-electron chi connectivity index (χ3n) is 1.51. The molecule has 3 nitrogen and oxygen atoms in total. The summed E-state index contributed by atoms with van der Waals surface area (Å²) in [6.45, 7) is 0. The first kappa shape index (κ1) is 7.85. The highest BCUT2D eigenvalue weighted by molar-refractivity contribution is 5.53. The lowest BCUT2D eigenvalue weighted by Gasteiger charge is -1.96. The Hall–Kier alpha value is -1.78. The van der Waals surface area contributed by atoms with Crippen LogP contribution in [0.4, 0.5) is 8.78 Å². The van der Waals surface area contributed by atoms with Crippen molar-refractivity contribution in [3.05, 3.63) is 36.2 Å². The molecule has 1 radical (unpaired) electrons. The molecule has 0 fully saturated rings. The largest absolute Gasteiger partial charge is 0.259 e. The molecule has 1 aromatic carbocycles. The van der Waals surface area contributed by atoms with Crippen molar-refractivity contribution in [3.8, 4) is 11.4 Å². The number of benzene rings is 1. The number of halogens is 2. The maximum Gasteiger partial charge on any atom is 0.221 e. The van der Waals surface area contributed by atoms with Gasteiger partial charge < -0.3 is 0 Å². The smallest absolute Gasteiger partial charge is 0.221 e. The summed E-state index contributed by atoms with van der Waals surface area (Å²) in [5.74, 6) is -1.00. The fourth-order valence-corrected chi connectivity index (χ4v) is 0.998. The van der Waals surface area contributed by atoms with Gasteiger partial charge in [0, 0.05) is 11.6 Å². The molecule has 0 amide bonds. The molecule has 0 aliphatic heterocycles. The van der Waals surface area contributed by atoms with Gasteiger partial charge in [-0.15, -0.1) is 5.10 Å². The van der Waals surface area contributed by atoms with E-state index in [1.54, 1.807) is 0 Å². The summed E-state index contributed by atoms with van der Waals surface area (Å²) >= 11 is 0. The third kappa shape index (κ3) is 1.53. The fourth-order valence-electron chi connectivity index (χ4n) is 0.998. The van der Waals surface area contributed by atoms with Crippen LogP contribution in [0.1, 0.15) is 0 Å². The summed E-state index contributed by atoms with van der Waals surface area (Å²) < 4.78 is 25.4. The summed E-state index contributed by atoms with van der Waals surface area (Å²) in [7, 11) is 0. The standard InChI is InChI=1S/C8H4F2N3/c9-6-1-5(2-7(10)3-6)8-11-4-12-13-8/h1-3H,(H,11,12,13). The molecule has 1 aromatic heterocycles. The van der Waals surface area contributed by atoms with Crippen LogP contribution in [0.3, 0.4) is 0 Å². The van der Waals surface area contributed by atoms with Gasteiger partial charge in [-0.3, -0.25) is 5.10 Å². The van der Waals surface area contributed by atoms with Crippen molar-refractivity contribution >= 4 is 0 Å². The molecule has 2 rings (SSSR count). The van der Waals surface area contributed by atoms with Crippen molar-refractivity contribution in [3.63, 3.8) is 0 Å². The second kappa shape index (κ2) is 2.93. The van der Waals surface area contributed by atoms with Crippen LogP contribution >= 0.6 is 0 Å².